The Bertz CT molecular complexity index is 3570. The van der Waals surface area contributed by atoms with Crippen molar-refractivity contribution in [1.82, 2.24) is 14.5 Å². The highest BCUT2D eigenvalue weighted by molar-refractivity contribution is 6.26. The van der Waals surface area contributed by atoms with Crippen LogP contribution in [-0.4, -0.2) is 14.5 Å². The number of benzene rings is 9. The Morgan fingerprint density at radius 3 is 1.74 bits per heavy atom. The van der Waals surface area contributed by atoms with E-state index in [9.17, 15) is 0 Å². The minimum atomic E-state index is 0.710. The maximum Gasteiger partial charge on any atom is 0.160 e. The van der Waals surface area contributed by atoms with E-state index in [2.05, 4.69) is 205 Å². The summed E-state index contributed by atoms with van der Waals surface area (Å²) < 4.78 is 2.39. The molecule has 2 heterocycles. The van der Waals surface area contributed by atoms with E-state index in [1.165, 1.54) is 65.3 Å². The van der Waals surface area contributed by atoms with Crippen molar-refractivity contribution in [2.24, 2.45) is 0 Å². The lowest BCUT2D eigenvalue weighted by molar-refractivity contribution is 1.17. The summed E-state index contributed by atoms with van der Waals surface area (Å²) in [5, 5.41) is 9.94. The first-order valence-electron chi connectivity index (χ1n) is 21.1. The third-order valence-corrected chi connectivity index (χ3v) is 12.3. The van der Waals surface area contributed by atoms with Crippen molar-refractivity contribution in [3.8, 4) is 50.7 Å². The summed E-state index contributed by atoms with van der Waals surface area (Å²) in [7, 11) is 0. The summed E-state index contributed by atoms with van der Waals surface area (Å²) in [6.07, 6.45) is 0.796. The molecule has 0 radical (unpaired) electrons. The number of hydrogen-bond acceptors (Lipinski definition) is 2. The fourth-order valence-electron chi connectivity index (χ4n) is 9.41. The lowest BCUT2D eigenvalue weighted by Gasteiger charge is -2.16. The fourth-order valence-corrected chi connectivity index (χ4v) is 9.41. The largest absolute Gasteiger partial charge is 0.309 e. The van der Waals surface area contributed by atoms with E-state index in [-0.39, 0.29) is 0 Å². The average molecular weight is 788 g/mol. The van der Waals surface area contributed by atoms with Crippen molar-refractivity contribution in [3.63, 3.8) is 0 Å². The average Bonchev–Trinajstić information content (AvgIpc) is 3.68. The summed E-state index contributed by atoms with van der Waals surface area (Å²) in [5.74, 6) is 0.710. The highest BCUT2D eigenvalue weighted by Gasteiger charge is 2.18. The summed E-state index contributed by atoms with van der Waals surface area (Å²) in [6.45, 7) is 0. The monoisotopic (exact) mass is 787 g/mol. The van der Waals surface area contributed by atoms with Gasteiger partial charge in [0, 0.05) is 33.2 Å². The van der Waals surface area contributed by atoms with Crippen LogP contribution in [0.2, 0.25) is 0 Å². The maximum absolute atomic E-state index is 5.19. The molecule has 10 aromatic carbocycles. The molecule has 0 fully saturated rings. The van der Waals surface area contributed by atoms with Crippen LogP contribution in [0.3, 0.4) is 0 Å². The van der Waals surface area contributed by atoms with E-state index in [0.717, 1.165) is 51.3 Å². The van der Waals surface area contributed by atoms with Crippen molar-refractivity contribution < 1.29 is 0 Å². The van der Waals surface area contributed by atoms with Crippen LogP contribution < -0.4 is 0 Å². The Hall–Kier alpha value is -8.32. The van der Waals surface area contributed by atoms with E-state index in [0.29, 0.717) is 5.82 Å². The molecule has 0 N–H and O–H groups in total. The van der Waals surface area contributed by atoms with Gasteiger partial charge in [0.05, 0.1) is 22.4 Å². The number of rotatable bonds is 7. The molecule has 0 unspecified atom stereocenters. The Morgan fingerprint density at radius 1 is 0.387 bits per heavy atom. The third-order valence-electron chi connectivity index (χ3n) is 12.3. The van der Waals surface area contributed by atoms with Gasteiger partial charge >= 0.3 is 0 Å². The molecule has 62 heavy (non-hydrogen) atoms. The van der Waals surface area contributed by atoms with Crippen molar-refractivity contribution in [1.29, 1.82) is 0 Å². The standard InChI is InChI=1S/C59H37N3/c1-4-15-40(16-5-1)41-28-31-46(32-29-41)62-56-26-13-12-24-49(56)53-36-39(27-34-57(53)62)35-44-21-14-25-50-47-22-10-11-23-48(47)52-37-45(30-33-51(52)58(44)50)59-60-54(42-17-6-2-7-18-42)38-55(61-59)43-19-8-3-9-20-43/h2-4,6-34,36-38H,35H2. The van der Waals surface area contributed by atoms with Crippen LogP contribution >= 0.6 is 0 Å². The van der Waals surface area contributed by atoms with Crippen LogP contribution in [0.25, 0.3) is 105 Å². The van der Waals surface area contributed by atoms with E-state index < -0.39 is 0 Å². The molecule has 3 heteroatoms. The highest BCUT2D eigenvalue weighted by atomic mass is 15.0. The lowest BCUT2D eigenvalue weighted by Crippen LogP contribution is -1.97. The van der Waals surface area contributed by atoms with Gasteiger partial charge in [-0.25, -0.2) is 9.97 Å². The first-order chi connectivity index (χ1) is 30.7. The third kappa shape index (κ3) is 6.09. The number of hydrogen-bond donors (Lipinski definition) is 0. The molecule has 0 bridgehead atoms. The molecule has 3 nitrogen and oxygen atoms in total. The second kappa shape index (κ2) is 14.7. The van der Waals surface area contributed by atoms with Gasteiger partial charge in [-0.15, -0.1) is 0 Å². The van der Waals surface area contributed by atoms with E-state index in [1.54, 1.807) is 0 Å². The lowest BCUT2D eigenvalue weighted by atomic mass is 9.89. The Kier molecular flexibility index (Phi) is 8.47. The Balaban J connectivity index is 0.988. The second-order valence-electron chi connectivity index (χ2n) is 16.0. The van der Waals surface area contributed by atoms with Crippen molar-refractivity contribution in [2.45, 2.75) is 6.42 Å². The number of fused-ring (bicyclic) bond motifs is 9. The van der Waals surface area contributed by atoms with E-state index in [1.807, 2.05) is 24.3 Å². The molecule has 12 aromatic rings. The zero-order valence-electron chi connectivity index (χ0n) is 33.8. The van der Waals surface area contributed by atoms with Gasteiger partial charge in [-0.2, -0.15) is 0 Å². The summed E-state index contributed by atoms with van der Waals surface area (Å²) in [6, 6.07) is 82.0. The number of para-hydroxylation sites is 1. The van der Waals surface area contributed by atoms with Crippen LogP contribution in [-0.2, 0) is 6.42 Å². The molecule has 0 atom stereocenters. The normalized spacial score (nSPS) is 11.5. The molecule has 0 amide bonds. The van der Waals surface area contributed by atoms with E-state index >= 15 is 0 Å². The zero-order chi connectivity index (χ0) is 41.0. The van der Waals surface area contributed by atoms with Crippen LogP contribution in [0.1, 0.15) is 11.1 Å². The Morgan fingerprint density at radius 2 is 1.02 bits per heavy atom. The predicted octanol–water partition coefficient (Wildman–Crippen LogP) is 14.9. The molecule has 0 spiro atoms. The number of aromatic nitrogens is 3. The molecular weight excluding hydrogens is 751 g/mol. The van der Waals surface area contributed by atoms with Crippen LogP contribution in [0, 0.1) is 12.1 Å². The number of nitrogens with zero attached hydrogens (tertiary/aromatic N) is 3. The van der Waals surface area contributed by atoms with Gasteiger partial charge in [-0.05, 0) is 122 Å². The quantitative estimate of drug-likeness (QED) is 0.151. The first-order valence-corrected chi connectivity index (χ1v) is 21.1. The van der Waals surface area contributed by atoms with Crippen LogP contribution in [0.15, 0.2) is 212 Å². The molecule has 0 aliphatic rings. The summed E-state index contributed by atoms with van der Waals surface area (Å²) in [5.41, 5.74) is 13.3. The fraction of sp³-hybridized carbons (Fsp3) is 0.0169. The second-order valence-corrected chi connectivity index (χ2v) is 16.0. The molecule has 288 valence electrons. The van der Waals surface area contributed by atoms with E-state index in [4.69, 9.17) is 9.97 Å². The van der Waals surface area contributed by atoms with Gasteiger partial charge in [-0.1, -0.05) is 164 Å². The van der Waals surface area contributed by atoms with Gasteiger partial charge in [-0.3, -0.25) is 0 Å². The zero-order valence-corrected chi connectivity index (χ0v) is 33.8. The van der Waals surface area contributed by atoms with Crippen molar-refractivity contribution in [2.75, 3.05) is 0 Å². The maximum atomic E-state index is 5.19. The highest BCUT2D eigenvalue weighted by Crippen LogP contribution is 2.40. The van der Waals surface area contributed by atoms with Crippen molar-refractivity contribution in [3.05, 3.63) is 236 Å². The van der Waals surface area contributed by atoms with Gasteiger partial charge < -0.3 is 4.57 Å². The molecule has 12 rings (SSSR count). The van der Waals surface area contributed by atoms with Crippen LogP contribution in [0.5, 0.6) is 0 Å². The molecular formula is C59H37N3. The summed E-state index contributed by atoms with van der Waals surface area (Å²) >= 11 is 0. The predicted molar refractivity (Wildman–Crippen MR) is 258 cm³/mol. The molecule has 2 aromatic heterocycles. The minimum Gasteiger partial charge on any atom is -0.309 e. The Labute approximate surface area is 359 Å². The van der Waals surface area contributed by atoms with Gasteiger partial charge in [0.25, 0.3) is 0 Å². The molecule has 0 saturated carbocycles. The first kappa shape index (κ1) is 35.6. The van der Waals surface area contributed by atoms with Gasteiger partial charge in [0.15, 0.2) is 5.82 Å². The molecule has 0 aliphatic carbocycles. The van der Waals surface area contributed by atoms with Gasteiger partial charge in [0.2, 0.25) is 0 Å². The van der Waals surface area contributed by atoms with Crippen molar-refractivity contribution >= 4 is 54.1 Å². The van der Waals surface area contributed by atoms with Crippen LogP contribution in [0.4, 0.5) is 0 Å². The smallest absolute Gasteiger partial charge is 0.160 e. The summed E-state index contributed by atoms with van der Waals surface area (Å²) in [4.78, 5) is 10.4. The molecule has 0 saturated heterocycles. The minimum absolute atomic E-state index is 0.710. The molecule has 0 aliphatic heterocycles. The van der Waals surface area contributed by atoms with Gasteiger partial charge in [0.1, 0.15) is 0 Å². The topological polar surface area (TPSA) is 30.7 Å². The SMILES string of the molecule is c1ccc(-c2ccc(-n3c4ccccc4c4cc(Cc5cccc6c7ccccc7c7cc(-c8nc(-c9ccccc9)cc(-c9ccccc9)n8)ccc7c56)ccc43)cc2)cc#1.